The minimum atomic E-state index is -1.18. The molecule has 1 atom stereocenters. The lowest BCUT2D eigenvalue weighted by Gasteiger charge is -2.35. The summed E-state index contributed by atoms with van der Waals surface area (Å²) in [5.41, 5.74) is 3.66. The summed E-state index contributed by atoms with van der Waals surface area (Å²) in [5, 5.41) is 21.0. The first-order chi connectivity index (χ1) is 22.5. The van der Waals surface area contributed by atoms with Crippen molar-refractivity contribution in [2.45, 2.75) is 39.0 Å². The number of hydrogen-bond acceptors (Lipinski definition) is 9. The molecule has 1 aliphatic rings. The van der Waals surface area contributed by atoms with Crippen LogP contribution in [-0.2, 0) is 25.6 Å². The van der Waals surface area contributed by atoms with Crippen LogP contribution in [0, 0.1) is 22.7 Å². The summed E-state index contributed by atoms with van der Waals surface area (Å²) >= 11 is 0. The van der Waals surface area contributed by atoms with E-state index in [0.717, 1.165) is 37.3 Å². The van der Waals surface area contributed by atoms with Crippen molar-refractivity contribution in [3.05, 3.63) is 112 Å². The van der Waals surface area contributed by atoms with Gasteiger partial charge in [-0.2, -0.15) is 10.5 Å². The number of esters is 2. The van der Waals surface area contributed by atoms with Crippen LogP contribution in [0.1, 0.15) is 65.1 Å². The van der Waals surface area contributed by atoms with Crippen LogP contribution in [0.5, 0.6) is 0 Å². The number of hydrogen-bond donors (Lipinski definition) is 1. The number of carbonyl (C=O) groups excluding carboxylic acids is 3. The van der Waals surface area contributed by atoms with Crippen LogP contribution >= 0.6 is 0 Å². The van der Waals surface area contributed by atoms with Gasteiger partial charge in [0.05, 0.1) is 41.5 Å². The first kappa shape index (κ1) is 34.6. The highest BCUT2D eigenvalue weighted by molar-refractivity contribution is 5.94. The van der Waals surface area contributed by atoms with Crippen molar-refractivity contribution in [3.63, 3.8) is 0 Å². The van der Waals surface area contributed by atoms with Gasteiger partial charge in [-0.05, 0) is 74.4 Å². The molecule has 1 amide bonds. The van der Waals surface area contributed by atoms with Gasteiger partial charge < -0.3 is 14.8 Å². The molecule has 1 saturated heterocycles. The van der Waals surface area contributed by atoms with Crippen LogP contribution in [0.3, 0.4) is 0 Å². The molecular formula is C37H39N5O5. The lowest BCUT2D eigenvalue weighted by Crippen LogP contribution is -2.46. The van der Waals surface area contributed by atoms with E-state index in [0.29, 0.717) is 40.9 Å². The third-order valence-corrected chi connectivity index (χ3v) is 7.59. The fourth-order valence-corrected chi connectivity index (χ4v) is 5.12. The Bertz CT molecular complexity index is 1670. The molecule has 0 saturated carbocycles. The second kappa shape index (κ2) is 15.8. The zero-order valence-electron chi connectivity index (χ0n) is 27.2. The van der Waals surface area contributed by atoms with Gasteiger partial charge in [-0.1, -0.05) is 36.4 Å². The number of methoxy groups -OCH3 is 1. The molecule has 0 bridgehead atoms. The fraction of sp³-hybridized carbons (Fsp3) is 0.324. The molecule has 47 heavy (non-hydrogen) atoms. The Morgan fingerprint density at radius 1 is 0.851 bits per heavy atom. The van der Waals surface area contributed by atoms with Gasteiger partial charge in [0.2, 0.25) is 6.10 Å². The van der Waals surface area contributed by atoms with Gasteiger partial charge in [0, 0.05) is 50.4 Å². The molecule has 0 radical (unpaired) electrons. The second-order valence-corrected chi connectivity index (χ2v) is 12.4. The molecule has 3 aromatic rings. The van der Waals surface area contributed by atoms with E-state index in [1.165, 1.54) is 7.11 Å². The zero-order chi connectivity index (χ0) is 34.0. The molecule has 4 rings (SSSR count). The summed E-state index contributed by atoms with van der Waals surface area (Å²) in [5.74, 6) is -1.46. The number of benzene rings is 3. The zero-order valence-corrected chi connectivity index (χ0v) is 27.2. The van der Waals surface area contributed by atoms with E-state index in [4.69, 9.17) is 20.0 Å². The summed E-state index contributed by atoms with van der Waals surface area (Å²) in [6.45, 7) is 9.80. The molecule has 0 spiro atoms. The molecule has 1 unspecified atom stereocenters. The molecule has 3 aromatic carbocycles. The maximum absolute atomic E-state index is 13.1. The van der Waals surface area contributed by atoms with Gasteiger partial charge in [-0.25, -0.2) is 9.59 Å². The van der Waals surface area contributed by atoms with Crippen molar-refractivity contribution in [2.24, 2.45) is 0 Å². The maximum Gasteiger partial charge on any atom is 0.339 e. The first-order valence-corrected chi connectivity index (χ1v) is 15.3. The molecule has 1 fully saturated rings. The lowest BCUT2D eigenvalue weighted by atomic mass is 10.0. The molecule has 1 heterocycles. The second-order valence-electron chi connectivity index (χ2n) is 12.4. The van der Waals surface area contributed by atoms with Gasteiger partial charge in [0.15, 0.2) is 0 Å². The molecule has 10 nitrogen and oxygen atoms in total. The summed E-state index contributed by atoms with van der Waals surface area (Å²) in [7, 11) is 1.37. The predicted molar refractivity (Wildman–Crippen MR) is 177 cm³/mol. The Kier molecular flexibility index (Phi) is 11.6. The highest BCUT2D eigenvalue weighted by Gasteiger charge is 2.29. The Hall–Kier alpha value is -5.29. The van der Waals surface area contributed by atoms with Crippen LogP contribution < -0.4 is 5.32 Å². The Morgan fingerprint density at radius 2 is 1.40 bits per heavy atom. The normalized spacial score (nSPS) is 14.7. The Labute approximate surface area is 275 Å². The van der Waals surface area contributed by atoms with E-state index < -0.39 is 23.5 Å². The molecule has 0 aromatic heterocycles. The van der Waals surface area contributed by atoms with Crippen LogP contribution in [0.4, 0.5) is 0 Å². The first-order valence-electron chi connectivity index (χ1n) is 15.3. The molecule has 0 aliphatic carbocycles. The van der Waals surface area contributed by atoms with E-state index in [1.807, 2.05) is 51.1 Å². The summed E-state index contributed by atoms with van der Waals surface area (Å²) in [6.07, 6.45) is 0.624. The number of nitrogens with one attached hydrogen (secondary N) is 1. The number of amides is 1. The van der Waals surface area contributed by atoms with Crippen molar-refractivity contribution >= 4 is 23.9 Å². The monoisotopic (exact) mass is 633 g/mol. The standard InChI is InChI=1S/C37H39N5O5/c1-37(2,3)40-34(43)33(30-13-9-28(23-39)10-14-30)47-36(45)31-15-11-29(12-16-31)24-41-17-19-42(20-18-41)25-32(35(44)46-4)21-26-5-7-27(22-38)8-6-26/h5-16,21,33H,17-20,24-25H2,1-4H3,(H,40,43)/b32-21-. The number of nitrogens with zero attached hydrogens (tertiary/aromatic N) is 4. The van der Waals surface area contributed by atoms with Crippen LogP contribution in [-0.4, -0.2) is 73.0 Å². The number of piperazine rings is 1. The van der Waals surface area contributed by atoms with E-state index in [1.54, 1.807) is 54.6 Å². The van der Waals surface area contributed by atoms with E-state index in [-0.39, 0.29) is 5.97 Å². The average molecular weight is 634 g/mol. The minimum Gasteiger partial charge on any atom is -0.466 e. The quantitative estimate of drug-likeness (QED) is 0.251. The van der Waals surface area contributed by atoms with Crippen molar-refractivity contribution in [1.29, 1.82) is 10.5 Å². The Morgan fingerprint density at radius 3 is 1.94 bits per heavy atom. The number of rotatable bonds is 10. The van der Waals surface area contributed by atoms with Gasteiger partial charge in [0.25, 0.3) is 5.91 Å². The van der Waals surface area contributed by atoms with Crippen molar-refractivity contribution in [2.75, 3.05) is 39.8 Å². The minimum absolute atomic E-state index is 0.324. The number of carbonyl (C=O) groups is 3. The van der Waals surface area contributed by atoms with Crippen LogP contribution in [0.25, 0.3) is 6.08 Å². The third-order valence-electron chi connectivity index (χ3n) is 7.59. The highest BCUT2D eigenvalue weighted by Crippen LogP contribution is 2.22. The van der Waals surface area contributed by atoms with E-state index in [9.17, 15) is 14.4 Å². The van der Waals surface area contributed by atoms with Crippen LogP contribution in [0.2, 0.25) is 0 Å². The Balaban J connectivity index is 1.34. The largest absolute Gasteiger partial charge is 0.466 e. The topological polar surface area (TPSA) is 136 Å². The van der Waals surface area contributed by atoms with Crippen LogP contribution in [0.15, 0.2) is 78.4 Å². The average Bonchev–Trinajstić information content (AvgIpc) is 3.07. The predicted octanol–water partition coefficient (Wildman–Crippen LogP) is 4.62. The van der Waals surface area contributed by atoms with E-state index >= 15 is 0 Å². The van der Waals surface area contributed by atoms with E-state index in [2.05, 4.69) is 21.2 Å². The summed E-state index contributed by atoms with van der Waals surface area (Å²) < 4.78 is 10.7. The molecule has 10 heteroatoms. The van der Waals surface area contributed by atoms with Crippen molar-refractivity contribution in [1.82, 2.24) is 15.1 Å². The van der Waals surface area contributed by atoms with Gasteiger partial charge in [-0.15, -0.1) is 0 Å². The third kappa shape index (κ3) is 10.1. The van der Waals surface area contributed by atoms with Gasteiger partial charge in [-0.3, -0.25) is 14.6 Å². The molecule has 1 N–H and O–H groups in total. The smallest absolute Gasteiger partial charge is 0.339 e. The molecule has 242 valence electrons. The number of ether oxygens (including phenoxy) is 2. The molecular weight excluding hydrogens is 594 g/mol. The fourth-order valence-electron chi connectivity index (χ4n) is 5.12. The summed E-state index contributed by atoms with van der Waals surface area (Å²) in [6, 6.07) is 24.7. The SMILES string of the molecule is COC(=O)/C(=C\c1ccc(C#N)cc1)CN1CCN(Cc2ccc(C(=O)OC(C(=O)NC(C)(C)C)c3ccc(C#N)cc3)cc2)CC1. The lowest BCUT2D eigenvalue weighted by molar-refractivity contribution is -0.136. The van der Waals surface area contributed by atoms with Gasteiger partial charge >= 0.3 is 11.9 Å². The maximum atomic E-state index is 13.1. The van der Waals surface area contributed by atoms with Crippen molar-refractivity contribution < 1.29 is 23.9 Å². The molecule has 1 aliphatic heterocycles. The summed E-state index contributed by atoms with van der Waals surface area (Å²) in [4.78, 5) is 43.2. The van der Waals surface area contributed by atoms with Crippen molar-refractivity contribution in [3.8, 4) is 12.1 Å². The van der Waals surface area contributed by atoms with Gasteiger partial charge in [0.1, 0.15) is 0 Å². The highest BCUT2D eigenvalue weighted by atomic mass is 16.5. The number of nitriles is 2.